The van der Waals surface area contributed by atoms with E-state index in [1.807, 2.05) is 6.08 Å². The summed E-state index contributed by atoms with van der Waals surface area (Å²) in [4.78, 5) is 15.1. The molecule has 2 N–H and O–H groups in total. The Morgan fingerprint density at radius 2 is 1.77 bits per heavy atom. The number of ether oxygens (including phenoxy) is 1. The van der Waals surface area contributed by atoms with Gasteiger partial charge in [0.2, 0.25) is 5.78 Å². The molecule has 57 heavy (non-hydrogen) atoms. The van der Waals surface area contributed by atoms with Crippen molar-refractivity contribution >= 4 is 38.7 Å². The van der Waals surface area contributed by atoms with Crippen molar-refractivity contribution < 1.29 is 45.8 Å². The standard InChI is InChI=1S/C43H47ClF3NO7S2/c1-38-14-11-27(49)22-40(38)17-18-42(30(23-40)37(50)33-10-9-32(55-33)29-21-26(43(45,46)47)7-8-31(29)44)34(38)12-15-39(2)35(42)13-16-41(39,51)25-48(24-28-5-3-19-54-28)57(52,53)36-6-4-20-56-36/h4,6-10,17-18,20-21,23,27-28,34-35,49,51H,3,5,11-16,19,22,24-25H2,1-2H3/t27?,28-,34-,35-,38-,39+,40+,41-,42-/m1/s1. The fraction of sp³-hybridized carbons (Fsp3) is 0.558. The van der Waals surface area contributed by atoms with Crippen molar-refractivity contribution in [3.8, 4) is 11.3 Å². The maximum Gasteiger partial charge on any atom is 0.416 e. The molecule has 1 saturated heterocycles. The molecule has 8 nitrogen and oxygen atoms in total. The zero-order chi connectivity index (χ0) is 40.4. The monoisotopic (exact) mass is 845 g/mol. The number of thiophene rings is 1. The smallest absolute Gasteiger partial charge is 0.416 e. The second-order valence-corrected chi connectivity index (χ2v) is 21.4. The van der Waals surface area contributed by atoms with Crippen molar-refractivity contribution in [2.45, 2.75) is 99.8 Å². The van der Waals surface area contributed by atoms with Crippen LogP contribution in [0.3, 0.4) is 0 Å². The summed E-state index contributed by atoms with van der Waals surface area (Å²) >= 11 is 7.52. The summed E-state index contributed by atoms with van der Waals surface area (Å²) in [6.07, 6.45) is 6.37. The van der Waals surface area contributed by atoms with Crippen molar-refractivity contribution in [3.05, 3.63) is 88.0 Å². The SMILES string of the molecule is C[C@]12CC[C@H]3[C@]4(C=C[C@@]5(C=C4C(=O)c4ccc(-c6cc(C(F)(F)F)ccc6Cl)o4)CC(O)CC[C@]35C)[C@@H]1CC[C@@]2(O)CN(C[C@H]1CCCO1)S(=O)(=O)c1cccs1. The number of Topliss-reactive ketones (excluding diaryl/α,β-unsaturated/α-hetero) is 1. The third-order valence-electron chi connectivity index (χ3n) is 15.3. The number of fused-ring (bicyclic) bond motifs is 1. The first kappa shape index (κ1) is 39.7. The summed E-state index contributed by atoms with van der Waals surface area (Å²) < 4.78 is 83.2. The second kappa shape index (κ2) is 13.4. The van der Waals surface area contributed by atoms with E-state index < -0.39 is 55.5 Å². The number of ketones is 1. The number of hydrogen-bond acceptors (Lipinski definition) is 8. The lowest BCUT2D eigenvalue weighted by molar-refractivity contribution is -0.174. The quantitative estimate of drug-likeness (QED) is 0.163. The van der Waals surface area contributed by atoms with Crippen LogP contribution in [0.5, 0.6) is 0 Å². The van der Waals surface area contributed by atoms with E-state index in [0.717, 1.165) is 48.8 Å². The van der Waals surface area contributed by atoms with Crippen LogP contribution in [-0.2, 0) is 20.9 Å². The van der Waals surface area contributed by atoms with Gasteiger partial charge < -0.3 is 19.4 Å². The molecule has 4 fully saturated rings. The number of nitrogens with zero attached hydrogens (tertiary/aromatic N) is 1. The van der Waals surface area contributed by atoms with Gasteiger partial charge in [-0.15, -0.1) is 11.3 Å². The van der Waals surface area contributed by atoms with Crippen LogP contribution in [-0.4, -0.2) is 66.2 Å². The fourth-order valence-corrected chi connectivity index (χ4v) is 15.2. The first-order chi connectivity index (χ1) is 26.9. The molecule has 9 atom stereocenters. The first-order valence-electron chi connectivity index (χ1n) is 19.9. The molecule has 3 heterocycles. The predicted octanol–water partition coefficient (Wildman–Crippen LogP) is 9.32. The van der Waals surface area contributed by atoms with Crippen LogP contribution in [0.25, 0.3) is 11.3 Å². The molecule has 1 unspecified atom stereocenters. The van der Waals surface area contributed by atoms with Crippen molar-refractivity contribution in [2.24, 2.45) is 33.5 Å². The van der Waals surface area contributed by atoms with Gasteiger partial charge >= 0.3 is 6.18 Å². The Morgan fingerprint density at radius 3 is 2.49 bits per heavy atom. The van der Waals surface area contributed by atoms with Gasteiger partial charge in [0.05, 0.1) is 28.4 Å². The minimum Gasteiger partial charge on any atom is -0.453 e. The Kier molecular flexibility index (Phi) is 9.30. The number of benzene rings is 1. The van der Waals surface area contributed by atoms with E-state index in [0.29, 0.717) is 50.7 Å². The van der Waals surface area contributed by atoms with Gasteiger partial charge in [0.25, 0.3) is 10.0 Å². The van der Waals surface area contributed by atoms with Crippen molar-refractivity contribution in [3.63, 3.8) is 0 Å². The van der Waals surface area contributed by atoms with Gasteiger partial charge in [-0.3, -0.25) is 4.79 Å². The molecular formula is C43H47ClF3NO7S2. The van der Waals surface area contributed by atoms with Crippen LogP contribution in [0.15, 0.2) is 80.3 Å². The number of carbonyl (C=O) groups is 1. The average molecular weight is 846 g/mol. The molecule has 1 aromatic carbocycles. The highest BCUT2D eigenvalue weighted by Crippen LogP contribution is 2.78. The van der Waals surface area contributed by atoms with Crippen molar-refractivity contribution in [2.75, 3.05) is 19.7 Å². The highest BCUT2D eigenvalue weighted by atomic mass is 35.5. The molecule has 2 spiro atoms. The molecule has 2 bridgehead atoms. The first-order valence-corrected chi connectivity index (χ1v) is 22.6. The molecule has 7 aliphatic rings. The number of aliphatic hydroxyl groups is 2. The Labute approximate surface area is 339 Å². The fourth-order valence-electron chi connectivity index (χ4n) is 12.3. The normalized spacial score (nSPS) is 37.2. The molecule has 306 valence electrons. The summed E-state index contributed by atoms with van der Waals surface area (Å²) in [6.45, 7) is 4.88. The van der Waals surface area contributed by atoms with Crippen molar-refractivity contribution in [1.29, 1.82) is 0 Å². The minimum absolute atomic E-state index is 0.0124. The molecule has 3 saturated carbocycles. The van der Waals surface area contributed by atoms with Gasteiger partial charge in [-0.05, 0) is 117 Å². The summed E-state index contributed by atoms with van der Waals surface area (Å²) in [5.41, 5.74) is -4.48. The Morgan fingerprint density at radius 1 is 1.02 bits per heavy atom. The van der Waals surface area contributed by atoms with Gasteiger partial charge in [-0.25, -0.2) is 8.42 Å². The highest BCUT2D eigenvalue weighted by Gasteiger charge is 2.75. The Balaban J connectivity index is 1.12. The molecule has 14 heteroatoms. The molecular weight excluding hydrogens is 799 g/mol. The lowest BCUT2D eigenvalue weighted by Gasteiger charge is -2.71. The summed E-state index contributed by atoms with van der Waals surface area (Å²) in [5.74, 6) is -0.738. The number of furan rings is 1. The molecule has 2 aromatic heterocycles. The number of sulfonamides is 1. The number of allylic oxidation sites excluding steroid dienone is 4. The molecule has 10 rings (SSSR count). The predicted molar refractivity (Wildman–Crippen MR) is 209 cm³/mol. The molecule has 0 radical (unpaired) electrons. The average Bonchev–Trinajstić information content (AvgIpc) is 4.00. The van der Waals surface area contributed by atoms with Gasteiger partial charge in [-0.2, -0.15) is 17.5 Å². The molecule has 3 aromatic rings. The van der Waals surface area contributed by atoms with E-state index in [1.165, 1.54) is 16.4 Å². The van der Waals surface area contributed by atoms with Crippen LogP contribution >= 0.6 is 22.9 Å². The maximum atomic E-state index is 15.1. The van der Waals surface area contributed by atoms with E-state index in [2.05, 4.69) is 26.0 Å². The number of carbonyl (C=O) groups excluding carboxylic acids is 1. The minimum atomic E-state index is -4.61. The summed E-state index contributed by atoms with van der Waals surface area (Å²) in [7, 11) is -3.97. The number of rotatable bonds is 9. The second-order valence-electron chi connectivity index (χ2n) is 17.9. The lowest BCUT2D eigenvalue weighted by atomic mass is 9.32. The molecule has 0 amide bonds. The van der Waals surface area contributed by atoms with E-state index in [9.17, 15) is 31.8 Å². The van der Waals surface area contributed by atoms with Crippen LogP contribution in [0.2, 0.25) is 5.02 Å². The Hall–Kier alpha value is -2.78. The molecule has 1 aliphatic heterocycles. The van der Waals surface area contributed by atoms with Crippen molar-refractivity contribution in [1.82, 2.24) is 4.31 Å². The zero-order valence-electron chi connectivity index (χ0n) is 31.9. The zero-order valence-corrected chi connectivity index (χ0v) is 34.2. The largest absolute Gasteiger partial charge is 0.453 e. The van der Waals surface area contributed by atoms with Crippen LogP contribution in [0.4, 0.5) is 13.2 Å². The number of alkyl halides is 3. The van der Waals surface area contributed by atoms with Crippen LogP contribution in [0, 0.1) is 33.5 Å². The summed E-state index contributed by atoms with van der Waals surface area (Å²) in [5, 5.41) is 25.9. The van der Waals surface area contributed by atoms with Crippen LogP contribution < -0.4 is 0 Å². The maximum absolute atomic E-state index is 15.1. The van der Waals surface area contributed by atoms with E-state index in [1.54, 1.807) is 17.5 Å². The molecule has 6 aliphatic carbocycles. The highest BCUT2D eigenvalue weighted by molar-refractivity contribution is 7.91. The van der Waals surface area contributed by atoms with Gasteiger partial charge in [0, 0.05) is 47.1 Å². The third kappa shape index (κ3) is 5.80. The third-order valence-corrected chi connectivity index (χ3v) is 18.8. The number of halogens is 4. The van der Waals surface area contributed by atoms with E-state index in [4.69, 9.17) is 20.8 Å². The lowest BCUT2D eigenvalue weighted by Crippen LogP contribution is -2.67. The van der Waals surface area contributed by atoms with Gasteiger partial charge in [0.1, 0.15) is 9.97 Å². The topological polar surface area (TPSA) is 117 Å². The van der Waals surface area contributed by atoms with E-state index >= 15 is 4.79 Å². The van der Waals surface area contributed by atoms with Gasteiger partial charge in [-0.1, -0.05) is 49.7 Å². The van der Waals surface area contributed by atoms with E-state index in [-0.39, 0.29) is 62.8 Å². The number of aliphatic hydroxyl groups excluding tert-OH is 1. The van der Waals surface area contributed by atoms with Gasteiger partial charge in [0.15, 0.2) is 5.76 Å². The number of hydrogen-bond donors (Lipinski definition) is 2. The summed E-state index contributed by atoms with van der Waals surface area (Å²) in [6, 6.07) is 9.20. The van der Waals surface area contributed by atoms with Crippen LogP contribution in [0.1, 0.15) is 87.8 Å². The Bertz CT molecular complexity index is 2270.